The summed E-state index contributed by atoms with van der Waals surface area (Å²) in [6, 6.07) is 10.3. The van der Waals surface area contributed by atoms with Gasteiger partial charge in [0.25, 0.3) is 6.47 Å². The molecule has 0 saturated carbocycles. The summed E-state index contributed by atoms with van der Waals surface area (Å²) in [4.78, 5) is 21.9. The second-order valence-corrected chi connectivity index (χ2v) is 6.80. The predicted molar refractivity (Wildman–Crippen MR) is 92.4 cm³/mol. The Labute approximate surface area is 139 Å². The molecule has 4 nitrogen and oxygen atoms in total. The van der Waals surface area contributed by atoms with Crippen molar-refractivity contribution in [2.45, 2.75) is 58.0 Å². The van der Waals surface area contributed by atoms with E-state index in [0.29, 0.717) is 18.7 Å². The van der Waals surface area contributed by atoms with Crippen molar-refractivity contribution in [2.75, 3.05) is 13.1 Å². The summed E-state index contributed by atoms with van der Waals surface area (Å²) in [7, 11) is 0. The molecule has 2 rings (SSSR count). The summed E-state index contributed by atoms with van der Waals surface area (Å²) in [5.41, 5.74) is 0.659. The fourth-order valence-corrected chi connectivity index (χ4v) is 2.82. The van der Waals surface area contributed by atoms with E-state index in [2.05, 4.69) is 22.2 Å². The van der Waals surface area contributed by atoms with Crippen molar-refractivity contribution in [3.8, 4) is 0 Å². The van der Waals surface area contributed by atoms with Crippen molar-refractivity contribution < 1.29 is 14.3 Å². The van der Waals surface area contributed by atoms with Crippen LogP contribution in [0.2, 0.25) is 0 Å². The van der Waals surface area contributed by atoms with Gasteiger partial charge in [-0.15, -0.1) is 0 Å². The largest absolute Gasteiger partial charge is 0.462 e. The molecule has 23 heavy (non-hydrogen) atoms. The first-order chi connectivity index (χ1) is 10.9. The first kappa shape index (κ1) is 19.4. The highest BCUT2D eigenvalue weighted by Crippen LogP contribution is 2.35. The molecule has 1 saturated heterocycles. The van der Waals surface area contributed by atoms with Crippen LogP contribution in [0.4, 0.5) is 0 Å². The number of Topliss-reactive ketones (excluding diaryl/α,β-unsaturated/α-hetero) is 1. The van der Waals surface area contributed by atoms with Gasteiger partial charge in [0.2, 0.25) is 0 Å². The Morgan fingerprint density at radius 2 is 1.78 bits per heavy atom. The van der Waals surface area contributed by atoms with Crippen molar-refractivity contribution in [1.82, 2.24) is 5.32 Å². The molecule has 0 unspecified atom stereocenters. The van der Waals surface area contributed by atoms with Gasteiger partial charge >= 0.3 is 0 Å². The monoisotopic (exact) mass is 319 g/mol. The van der Waals surface area contributed by atoms with E-state index >= 15 is 0 Å². The molecule has 128 valence electrons. The minimum absolute atomic E-state index is 0.221. The highest BCUT2D eigenvalue weighted by atomic mass is 16.5. The first-order valence-electron chi connectivity index (χ1n) is 8.27. The highest BCUT2D eigenvalue weighted by molar-refractivity contribution is 5.90. The second kappa shape index (κ2) is 8.82. The van der Waals surface area contributed by atoms with Gasteiger partial charge < -0.3 is 10.1 Å². The van der Waals surface area contributed by atoms with Crippen LogP contribution < -0.4 is 5.32 Å². The van der Waals surface area contributed by atoms with E-state index in [4.69, 9.17) is 0 Å². The second-order valence-electron chi connectivity index (χ2n) is 6.80. The average Bonchev–Trinajstić information content (AvgIpc) is 2.55. The number of ketones is 1. The average molecular weight is 319 g/mol. The fourth-order valence-electron chi connectivity index (χ4n) is 2.82. The van der Waals surface area contributed by atoms with Gasteiger partial charge in [-0.2, -0.15) is 0 Å². The van der Waals surface area contributed by atoms with Gasteiger partial charge in [-0.1, -0.05) is 37.3 Å². The van der Waals surface area contributed by atoms with E-state index < -0.39 is 0 Å². The number of hydrogen-bond acceptors (Lipinski definition) is 4. The number of carbonyl (C=O) groups excluding carboxylic acids is 2. The van der Waals surface area contributed by atoms with Crippen LogP contribution in [0.1, 0.15) is 52.5 Å². The quantitative estimate of drug-likeness (QED) is 0.866. The molecule has 1 N–H and O–H groups in total. The Hall–Kier alpha value is -1.68. The van der Waals surface area contributed by atoms with Crippen molar-refractivity contribution in [1.29, 1.82) is 0 Å². The Morgan fingerprint density at radius 3 is 2.17 bits per heavy atom. The van der Waals surface area contributed by atoms with Crippen LogP contribution in [0.3, 0.4) is 0 Å². The normalized spacial score (nSPS) is 16.7. The van der Waals surface area contributed by atoms with Crippen LogP contribution in [-0.2, 0) is 19.7 Å². The van der Waals surface area contributed by atoms with E-state index in [1.54, 1.807) is 0 Å². The molecule has 0 atom stereocenters. The Kier molecular flexibility index (Phi) is 7.43. The number of piperidine rings is 1. The SMILES string of the molecule is CC(C)(C)OC=O.CCC(=O)C1(c2ccccc2)CCNCC1. The van der Waals surface area contributed by atoms with Crippen LogP contribution in [0.5, 0.6) is 0 Å². The van der Waals surface area contributed by atoms with Gasteiger partial charge in [0, 0.05) is 6.42 Å². The summed E-state index contributed by atoms with van der Waals surface area (Å²) < 4.78 is 4.55. The lowest BCUT2D eigenvalue weighted by atomic mass is 9.69. The van der Waals surface area contributed by atoms with E-state index in [9.17, 15) is 9.59 Å². The van der Waals surface area contributed by atoms with Crippen molar-refractivity contribution in [3.05, 3.63) is 35.9 Å². The van der Waals surface area contributed by atoms with Crippen LogP contribution in [0, 0.1) is 0 Å². The summed E-state index contributed by atoms with van der Waals surface area (Å²) >= 11 is 0. The van der Waals surface area contributed by atoms with Crippen molar-refractivity contribution in [2.24, 2.45) is 0 Å². The Balaban J connectivity index is 0.000000322. The summed E-state index contributed by atoms with van der Waals surface area (Å²) in [5.74, 6) is 0.389. The van der Waals surface area contributed by atoms with Gasteiger partial charge in [0.15, 0.2) is 0 Å². The van der Waals surface area contributed by atoms with E-state index in [-0.39, 0.29) is 11.0 Å². The third-order valence-corrected chi connectivity index (χ3v) is 4.04. The number of rotatable bonds is 4. The van der Waals surface area contributed by atoms with E-state index in [1.165, 1.54) is 5.56 Å². The zero-order chi connectivity index (χ0) is 17.3. The Bertz CT molecular complexity index is 485. The van der Waals surface area contributed by atoms with Gasteiger partial charge in [-0.3, -0.25) is 9.59 Å². The minimum atomic E-state index is -0.318. The molecule has 0 spiro atoms. The molecule has 0 bridgehead atoms. The molecule has 1 aliphatic rings. The third-order valence-electron chi connectivity index (χ3n) is 4.04. The summed E-state index contributed by atoms with van der Waals surface area (Å²) in [5, 5.41) is 3.34. The van der Waals surface area contributed by atoms with Gasteiger partial charge in [-0.05, 0) is 52.3 Å². The lowest BCUT2D eigenvalue weighted by Crippen LogP contribution is -2.45. The summed E-state index contributed by atoms with van der Waals surface area (Å²) in [6.45, 7) is 9.78. The molecule has 1 heterocycles. The van der Waals surface area contributed by atoms with E-state index in [1.807, 2.05) is 45.9 Å². The van der Waals surface area contributed by atoms with Crippen molar-refractivity contribution >= 4 is 12.3 Å². The molecule has 0 radical (unpaired) electrons. The Morgan fingerprint density at radius 1 is 1.22 bits per heavy atom. The molecule has 0 aromatic heterocycles. The third kappa shape index (κ3) is 5.79. The standard InChI is InChI=1S/C14H19NO.C5H10O2/c1-2-13(16)14(8-10-15-11-9-14)12-6-4-3-5-7-12;1-5(2,3)7-4-6/h3-7,15H,2,8-11H2,1H3;4H,1-3H3. The number of carbonyl (C=O) groups is 2. The predicted octanol–water partition coefficient (Wildman–Crippen LogP) is 3.24. The molecular formula is C19H29NO3. The van der Waals surface area contributed by atoms with E-state index in [0.717, 1.165) is 25.9 Å². The molecule has 1 aromatic carbocycles. The molecular weight excluding hydrogens is 290 g/mol. The maximum Gasteiger partial charge on any atom is 0.293 e. The molecule has 1 aliphatic heterocycles. The van der Waals surface area contributed by atoms with Gasteiger partial charge in [0.1, 0.15) is 11.4 Å². The zero-order valence-electron chi connectivity index (χ0n) is 14.7. The maximum absolute atomic E-state index is 12.3. The number of hydrogen-bond donors (Lipinski definition) is 1. The number of benzene rings is 1. The van der Waals surface area contributed by atoms with Crippen molar-refractivity contribution in [3.63, 3.8) is 0 Å². The minimum Gasteiger partial charge on any atom is -0.462 e. The maximum atomic E-state index is 12.3. The lowest BCUT2D eigenvalue weighted by Gasteiger charge is -2.36. The molecule has 0 aliphatic carbocycles. The number of nitrogens with one attached hydrogen (secondary N) is 1. The molecule has 1 fully saturated rings. The van der Waals surface area contributed by atoms with Crippen LogP contribution in [0.25, 0.3) is 0 Å². The lowest BCUT2D eigenvalue weighted by molar-refractivity contribution is -0.138. The van der Waals surface area contributed by atoms with Gasteiger partial charge in [-0.25, -0.2) is 0 Å². The zero-order valence-corrected chi connectivity index (χ0v) is 14.7. The first-order valence-corrected chi connectivity index (χ1v) is 8.27. The van der Waals surface area contributed by atoms with Crippen LogP contribution >= 0.6 is 0 Å². The topological polar surface area (TPSA) is 55.4 Å². The molecule has 1 aromatic rings. The van der Waals surface area contributed by atoms with Gasteiger partial charge in [0.05, 0.1) is 5.41 Å². The fraction of sp³-hybridized carbons (Fsp3) is 0.579. The molecule has 4 heteroatoms. The van der Waals surface area contributed by atoms with Crippen LogP contribution in [0.15, 0.2) is 30.3 Å². The smallest absolute Gasteiger partial charge is 0.293 e. The highest BCUT2D eigenvalue weighted by Gasteiger charge is 2.39. The summed E-state index contributed by atoms with van der Waals surface area (Å²) in [6.07, 6.45) is 2.50. The number of ether oxygens (including phenoxy) is 1. The molecule has 0 amide bonds. The van der Waals surface area contributed by atoms with Crippen LogP contribution in [-0.4, -0.2) is 30.9 Å².